The van der Waals surface area contributed by atoms with E-state index in [2.05, 4.69) is 15.0 Å². The molecule has 0 radical (unpaired) electrons. The van der Waals surface area contributed by atoms with Crippen LogP contribution in [-0.4, -0.2) is 21.6 Å². The third-order valence-electron chi connectivity index (χ3n) is 2.67. The van der Waals surface area contributed by atoms with Crippen LogP contribution in [0.15, 0.2) is 12.1 Å². The first kappa shape index (κ1) is 15.3. The number of benzene rings is 1. The van der Waals surface area contributed by atoms with Crippen molar-refractivity contribution in [2.45, 2.75) is 27.2 Å². The number of rotatable bonds is 5. The lowest BCUT2D eigenvalue weighted by molar-refractivity contribution is 0.285. The van der Waals surface area contributed by atoms with Crippen LogP contribution in [0.4, 0.5) is 5.95 Å². The van der Waals surface area contributed by atoms with Gasteiger partial charge >= 0.3 is 12.0 Å². The van der Waals surface area contributed by atoms with Crippen LogP contribution in [0.2, 0.25) is 5.02 Å². The van der Waals surface area contributed by atoms with E-state index in [-0.39, 0.29) is 18.0 Å². The standard InChI is InChI=1S/C14H17ClN4O2/c1-4-5-20-13-17-12(16)18-14(19-13)21-10-6-8(2)11(15)9(3)7-10/h6-7H,4-5H2,1-3H3,(H2,16,17,18,19). The Labute approximate surface area is 128 Å². The monoisotopic (exact) mass is 308 g/mol. The topological polar surface area (TPSA) is 83.2 Å². The van der Waals surface area contributed by atoms with E-state index in [9.17, 15) is 0 Å². The molecule has 1 heterocycles. The minimum atomic E-state index is 0.0495. The van der Waals surface area contributed by atoms with Gasteiger partial charge in [-0.05, 0) is 43.5 Å². The Bertz CT molecular complexity index is 626. The molecule has 0 amide bonds. The highest BCUT2D eigenvalue weighted by Gasteiger charge is 2.10. The van der Waals surface area contributed by atoms with Crippen molar-refractivity contribution in [3.63, 3.8) is 0 Å². The summed E-state index contributed by atoms with van der Waals surface area (Å²) in [7, 11) is 0. The minimum Gasteiger partial charge on any atom is -0.463 e. The molecule has 7 heteroatoms. The van der Waals surface area contributed by atoms with E-state index < -0.39 is 0 Å². The van der Waals surface area contributed by atoms with Gasteiger partial charge in [-0.3, -0.25) is 0 Å². The second kappa shape index (κ2) is 6.58. The van der Waals surface area contributed by atoms with Crippen LogP contribution < -0.4 is 15.2 Å². The van der Waals surface area contributed by atoms with Crippen LogP contribution in [0.5, 0.6) is 17.8 Å². The van der Waals surface area contributed by atoms with Crippen molar-refractivity contribution in [3.8, 4) is 17.8 Å². The van der Waals surface area contributed by atoms with Crippen molar-refractivity contribution >= 4 is 17.5 Å². The summed E-state index contributed by atoms with van der Waals surface area (Å²) in [6.45, 7) is 6.29. The van der Waals surface area contributed by atoms with Gasteiger partial charge in [0.25, 0.3) is 0 Å². The van der Waals surface area contributed by atoms with Gasteiger partial charge < -0.3 is 15.2 Å². The second-order valence-electron chi connectivity index (χ2n) is 4.58. The number of halogens is 1. The normalized spacial score (nSPS) is 10.5. The number of hydrogen-bond donors (Lipinski definition) is 1. The summed E-state index contributed by atoms with van der Waals surface area (Å²) in [5.74, 6) is 0.634. The molecule has 0 aliphatic rings. The van der Waals surface area contributed by atoms with Gasteiger partial charge in [0.1, 0.15) is 5.75 Å². The van der Waals surface area contributed by atoms with Crippen LogP contribution in [-0.2, 0) is 0 Å². The number of ether oxygens (including phenoxy) is 2. The molecular formula is C14H17ClN4O2. The summed E-state index contributed by atoms with van der Waals surface area (Å²) in [6, 6.07) is 3.86. The van der Waals surface area contributed by atoms with Crippen molar-refractivity contribution in [1.29, 1.82) is 0 Å². The lowest BCUT2D eigenvalue weighted by atomic mass is 10.1. The Hall–Kier alpha value is -2.08. The van der Waals surface area contributed by atoms with Gasteiger partial charge in [0.15, 0.2) is 0 Å². The van der Waals surface area contributed by atoms with E-state index in [1.807, 2.05) is 32.9 Å². The fourth-order valence-electron chi connectivity index (χ4n) is 1.73. The fourth-order valence-corrected chi connectivity index (χ4v) is 1.84. The zero-order valence-corrected chi connectivity index (χ0v) is 12.9. The van der Waals surface area contributed by atoms with Gasteiger partial charge in [0, 0.05) is 5.02 Å². The Kier molecular flexibility index (Phi) is 4.80. The second-order valence-corrected chi connectivity index (χ2v) is 4.96. The van der Waals surface area contributed by atoms with Gasteiger partial charge in [-0.15, -0.1) is 4.98 Å². The highest BCUT2D eigenvalue weighted by molar-refractivity contribution is 6.32. The average molecular weight is 309 g/mol. The zero-order chi connectivity index (χ0) is 15.4. The average Bonchev–Trinajstić information content (AvgIpc) is 2.42. The zero-order valence-electron chi connectivity index (χ0n) is 12.2. The lowest BCUT2D eigenvalue weighted by Crippen LogP contribution is -2.05. The van der Waals surface area contributed by atoms with E-state index in [1.165, 1.54) is 0 Å². The molecule has 2 aromatic rings. The molecule has 0 atom stereocenters. The predicted octanol–water partition coefficient (Wildman–Crippen LogP) is 3.31. The minimum absolute atomic E-state index is 0.0495. The maximum Gasteiger partial charge on any atom is 0.330 e. The van der Waals surface area contributed by atoms with E-state index in [0.29, 0.717) is 17.4 Å². The van der Waals surface area contributed by atoms with Crippen molar-refractivity contribution < 1.29 is 9.47 Å². The molecule has 0 aliphatic heterocycles. The lowest BCUT2D eigenvalue weighted by Gasteiger charge is -2.09. The Morgan fingerprint density at radius 3 is 2.33 bits per heavy atom. The molecule has 6 nitrogen and oxygen atoms in total. The molecular weight excluding hydrogens is 292 g/mol. The van der Waals surface area contributed by atoms with Gasteiger partial charge in [0.2, 0.25) is 5.95 Å². The van der Waals surface area contributed by atoms with E-state index >= 15 is 0 Å². The van der Waals surface area contributed by atoms with Gasteiger partial charge in [0.05, 0.1) is 6.61 Å². The summed E-state index contributed by atoms with van der Waals surface area (Å²) in [5, 5.41) is 0.712. The molecule has 0 saturated heterocycles. The summed E-state index contributed by atoms with van der Waals surface area (Å²) in [6.07, 6.45) is 0.845. The molecule has 0 saturated carbocycles. The summed E-state index contributed by atoms with van der Waals surface area (Å²) >= 11 is 6.12. The molecule has 1 aromatic heterocycles. The summed E-state index contributed by atoms with van der Waals surface area (Å²) in [5.41, 5.74) is 7.45. The van der Waals surface area contributed by atoms with Gasteiger partial charge in [-0.2, -0.15) is 9.97 Å². The SMILES string of the molecule is CCCOc1nc(N)nc(Oc2cc(C)c(Cl)c(C)c2)n1. The number of nitrogens with zero attached hydrogens (tertiary/aromatic N) is 3. The number of aryl methyl sites for hydroxylation is 2. The van der Waals surface area contributed by atoms with Crippen molar-refractivity contribution in [3.05, 3.63) is 28.3 Å². The quantitative estimate of drug-likeness (QED) is 0.912. The third-order valence-corrected chi connectivity index (χ3v) is 3.26. The largest absolute Gasteiger partial charge is 0.463 e. The van der Waals surface area contributed by atoms with Crippen LogP contribution in [0.25, 0.3) is 0 Å². The molecule has 2 N–H and O–H groups in total. The number of nitrogen functional groups attached to an aromatic ring is 1. The Morgan fingerprint density at radius 1 is 1.10 bits per heavy atom. The Balaban J connectivity index is 2.24. The predicted molar refractivity (Wildman–Crippen MR) is 81.0 cm³/mol. The molecule has 2 rings (SSSR count). The van der Waals surface area contributed by atoms with E-state index in [0.717, 1.165) is 17.5 Å². The number of hydrogen-bond acceptors (Lipinski definition) is 6. The Morgan fingerprint density at radius 2 is 1.71 bits per heavy atom. The van der Waals surface area contributed by atoms with Crippen LogP contribution in [0.3, 0.4) is 0 Å². The molecule has 0 fully saturated rings. The first-order chi connectivity index (χ1) is 9.99. The maximum atomic E-state index is 6.12. The first-order valence-corrected chi connectivity index (χ1v) is 6.96. The van der Waals surface area contributed by atoms with Crippen molar-refractivity contribution in [2.24, 2.45) is 0 Å². The van der Waals surface area contributed by atoms with Gasteiger partial charge in [-0.1, -0.05) is 18.5 Å². The molecule has 1 aromatic carbocycles. The summed E-state index contributed by atoms with van der Waals surface area (Å²) in [4.78, 5) is 11.9. The van der Waals surface area contributed by atoms with Crippen LogP contribution in [0.1, 0.15) is 24.5 Å². The maximum absolute atomic E-state index is 6.12. The third kappa shape index (κ3) is 3.95. The first-order valence-electron chi connectivity index (χ1n) is 6.58. The molecule has 21 heavy (non-hydrogen) atoms. The molecule has 0 bridgehead atoms. The van der Waals surface area contributed by atoms with E-state index in [1.54, 1.807) is 0 Å². The highest BCUT2D eigenvalue weighted by Crippen LogP contribution is 2.28. The van der Waals surface area contributed by atoms with Crippen molar-refractivity contribution in [2.75, 3.05) is 12.3 Å². The number of nitrogens with two attached hydrogens (primary N) is 1. The van der Waals surface area contributed by atoms with Crippen LogP contribution >= 0.6 is 11.6 Å². The highest BCUT2D eigenvalue weighted by atomic mass is 35.5. The number of aromatic nitrogens is 3. The molecule has 0 aliphatic carbocycles. The molecule has 112 valence electrons. The number of anilines is 1. The van der Waals surface area contributed by atoms with Crippen molar-refractivity contribution in [1.82, 2.24) is 15.0 Å². The summed E-state index contributed by atoms with van der Waals surface area (Å²) < 4.78 is 11.0. The fraction of sp³-hybridized carbons (Fsp3) is 0.357. The van der Waals surface area contributed by atoms with Gasteiger partial charge in [-0.25, -0.2) is 0 Å². The molecule has 0 spiro atoms. The van der Waals surface area contributed by atoms with E-state index in [4.69, 9.17) is 26.8 Å². The smallest absolute Gasteiger partial charge is 0.330 e. The molecule has 0 unspecified atom stereocenters. The van der Waals surface area contributed by atoms with Crippen LogP contribution in [0, 0.1) is 13.8 Å².